The van der Waals surface area contributed by atoms with Crippen LogP contribution in [0, 0.1) is 0 Å². The predicted octanol–water partition coefficient (Wildman–Crippen LogP) is 2.76. The number of amides is 2. The van der Waals surface area contributed by atoms with Crippen molar-refractivity contribution in [3.8, 4) is 0 Å². The molecule has 2 amide bonds. The molecule has 3 atom stereocenters. The van der Waals surface area contributed by atoms with Crippen LogP contribution in [0.3, 0.4) is 0 Å². The molecule has 1 aromatic heterocycles. The minimum Gasteiger partial charge on any atom is -0.465 e. The topological polar surface area (TPSA) is 102 Å². The van der Waals surface area contributed by atoms with E-state index in [0.717, 1.165) is 12.8 Å². The van der Waals surface area contributed by atoms with Crippen LogP contribution in [0.1, 0.15) is 49.4 Å². The minimum absolute atomic E-state index is 0.104. The van der Waals surface area contributed by atoms with Crippen molar-refractivity contribution in [2.45, 2.75) is 63.2 Å². The molecule has 0 spiro atoms. The molecule has 9 heteroatoms. The molecule has 1 aromatic carbocycles. The van der Waals surface area contributed by atoms with E-state index in [0.29, 0.717) is 54.4 Å². The predicted molar refractivity (Wildman–Crippen MR) is 120 cm³/mol. The van der Waals surface area contributed by atoms with Gasteiger partial charge in [0.2, 0.25) is 0 Å². The van der Waals surface area contributed by atoms with Gasteiger partial charge in [-0.3, -0.25) is 4.79 Å². The Morgan fingerprint density at radius 1 is 1.19 bits per heavy atom. The maximum Gasteiger partial charge on any atom is 0.407 e. The van der Waals surface area contributed by atoms with Crippen LogP contribution in [-0.2, 0) is 0 Å². The fourth-order valence-electron chi connectivity index (χ4n) is 5.67. The summed E-state index contributed by atoms with van der Waals surface area (Å²) in [4.78, 5) is 35.0. The van der Waals surface area contributed by atoms with Crippen LogP contribution in [0.2, 0.25) is 0 Å². The average Bonchev–Trinajstić information content (AvgIpc) is 3.18. The van der Waals surface area contributed by atoms with Gasteiger partial charge in [0.25, 0.3) is 11.9 Å². The molecule has 0 saturated carbocycles. The van der Waals surface area contributed by atoms with Gasteiger partial charge in [-0.15, -0.1) is 0 Å². The van der Waals surface area contributed by atoms with Crippen molar-refractivity contribution in [2.75, 3.05) is 31.6 Å². The highest BCUT2D eigenvalue weighted by Crippen LogP contribution is 2.33. The zero-order valence-electron chi connectivity index (χ0n) is 18.7. The number of fused-ring (bicyclic) bond motifs is 3. The number of benzene rings is 1. The van der Waals surface area contributed by atoms with E-state index in [2.05, 4.69) is 22.2 Å². The Bertz CT molecular complexity index is 1010. The quantitative estimate of drug-likeness (QED) is 0.755. The molecule has 0 aliphatic carbocycles. The Kier molecular flexibility index (Phi) is 5.44. The van der Waals surface area contributed by atoms with Crippen LogP contribution >= 0.6 is 0 Å². The maximum absolute atomic E-state index is 13.2. The van der Waals surface area contributed by atoms with Crippen LogP contribution in [-0.4, -0.2) is 82.7 Å². The number of hydrogen-bond acceptors (Lipinski definition) is 6. The Morgan fingerprint density at radius 2 is 1.94 bits per heavy atom. The highest BCUT2D eigenvalue weighted by Gasteiger charge is 2.37. The Balaban J connectivity index is 1.32. The second-order valence-corrected chi connectivity index (χ2v) is 9.47. The number of rotatable bonds is 3. The van der Waals surface area contributed by atoms with Gasteiger partial charge in [0.05, 0.1) is 5.56 Å². The number of carbonyl (C=O) groups is 2. The zero-order valence-corrected chi connectivity index (χ0v) is 18.7. The first-order chi connectivity index (χ1) is 15.4. The summed E-state index contributed by atoms with van der Waals surface area (Å²) in [6, 6.07) is 6.99. The number of anilines is 1. The number of para-hydroxylation sites is 1. The second-order valence-electron chi connectivity index (χ2n) is 9.47. The van der Waals surface area contributed by atoms with Crippen molar-refractivity contribution in [3.05, 3.63) is 23.8 Å². The molecular formula is C23H31N5O4. The van der Waals surface area contributed by atoms with Gasteiger partial charge in [-0.25, -0.2) is 4.79 Å². The van der Waals surface area contributed by atoms with Crippen molar-refractivity contribution >= 4 is 29.1 Å². The summed E-state index contributed by atoms with van der Waals surface area (Å²) in [5.74, 6) is -0.104. The van der Waals surface area contributed by atoms with Crippen LogP contribution < -0.4 is 10.2 Å². The minimum atomic E-state index is -0.910. The summed E-state index contributed by atoms with van der Waals surface area (Å²) in [5, 5.41) is 12.6. The average molecular weight is 442 g/mol. The van der Waals surface area contributed by atoms with Gasteiger partial charge in [0.1, 0.15) is 5.52 Å². The fraction of sp³-hybridized carbons (Fsp3) is 0.609. The van der Waals surface area contributed by atoms with Gasteiger partial charge < -0.3 is 29.5 Å². The molecule has 5 rings (SSSR count). The Labute approximate surface area is 187 Å². The molecule has 32 heavy (non-hydrogen) atoms. The SMILES string of the molecule is CC1CN(c2nc3c(C(=O)NC4CC5CCCC(C4)N5C)cccc3o2)CCN1C(=O)O. The number of carboxylic acid groups (broad SMARTS) is 1. The summed E-state index contributed by atoms with van der Waals surface area (Å²) >= 11 is 0. The molecule has 3 aliphatic rings. The Hall–Kier alpha value is -2.81. The molecule has 3 saturated heterocycles. The lowest BCUT2D eigenvalue weighted by atomic mass is 9.82. The van der Waals surface area contributed by atoms with Gasteiger partial charge in [-0.1, -0.05) is 12.5 Å². The fourth-order valence-corrected chi connectivity index (χ4v) is 5.67. The van der Waals surface area contributed by atoms with Crippen molar-refractivity contribution in [1.82, 2.24) is 20.1 Å². The van der Waals surface area contributed by atoms with Gasteiger partial charge in [0, 0.05) is 43.8 Å². The molecule has 3 fully saturated rings. The van der Waals surface area contributed by atoms with Crippen LogP contribution in [0.15, 0.2) is 22.6 Å². The summed E-state index contributed by atoms with van der Waals surface area (Å²) in [5.41, 5.74) is 1.65. The number of aromatic nitrogens is 1. The largest absolute Gasteiger partial charge is 0.465 e. The molecule has 3 aliphatic heterocycles. The molecule has 4 heterocycles. The third kappa shape index (κ3) is 3.79. The van der Waals surface area contributed by atoms with Gasteiger partial charge in [-0.2, -0.15) is 4.98 Å². The summed E-state index contributed by atoms with van der Waals surface area (Å²) in [6.07, 6.45) is 4.76. The van der Waals surface area contributed by atoms with E-state index in [9.17, 15) is 14.7 Å². The number of hydrogen-bond donors (Lipinski definition) is 2. The number of piperidine rings is 2. The molecular weight excluding hydrogens is 410 g/mol. The summed E-state index contributed by atoms with van der Waals surface area (Å²) in [7, 11) is 2.21. The first-order valence-corrected chi connectivity index (χ1v) is 11.6. The lowest BCUT2D eigenvalue weighted by Gasteiger charge is -2.47. The monoisotopic (exact) mass is 441 g/mol. The first-order valence-electron chi connectivity index (χ1n) is 11.6. The van der Waals surface area contributed by atoms with Crippen molar-refractivity contribution in [1.29, 1.82) is 0 Å². The highest BCUT2D eigenvalue weighted by atomic mass is 16.4. The Morgan fingerprint density at radius 3 is 2.62 bits per heavy atom. The van der Waals surface area contributed by atoms with Crippen LogP contribution in [0.4, 0.5) is 10.8 Å². The van der Waals surface area contributed by atoms with E-state index in [4.69, 9.17) is 4.42 Å². The van der Waals surface area contributed by atoms with Crippen LogP contribution in [0.25, 0.3) is 11.1 Å². The van der Waals surface area contributed by atoms with Crippen LogP contribution in [0.5, 0.6) is 0 Å². The lowest BCUT2D eigenvalue weighted by molar-refractivity contribution is 0.0463. The standard InChI is InChI=1S/C23H31N5O4/c1-14-13-27(9-10-28(14)23(30)31)22-25-20-18(7-4-8-19(20)32-22)21(29)24-15-11-16-5-3-6-17(12-15)26(16)2/h4,7-8,14-17H,3,5-6,9-13H2,1-2H3,(H,24,29)(H,30,31). The molecule has 172 valence electrons. The number of nitrogens with zero attached hydrogens (tertiary/aromatic N) is 4. The van der Waals surface area contributed by atoms with E-state index >= 15 is 0 Å². The van der Waals surface area contributed by atoms with E-state index < -0.39 is 6.09 Å². The molecule has 3 unspecified atom stereocenters. The smallest absolute Gasteiger partial charge is 0.407 e. The van der Waals surface area contributed by atoms with E-state index in [1.807, 2.05) is 24.0 Å². The van der Waals surface area contributed by atoms with Gasteiger partial charge in [-0.05, 0) is 51.8 Å². The van der Waals surface area contributed by atoms with Crippen molar-refractivity contribution in [2.24, 2.45) is 0 Å². The van der Waals surface area contributed by atoms with Gasteiger partial charge >= 0.3 is 6.09 Å². The molecule has 0 radical (unpaired) electrons. The third-order valence-corrected chi connectivity index (χ3v) is 7.47. The number of piperazine rings is 1. The summed E-state index contributed by atoms with van der Waals surface area (Å²) in [6.45, 7) is 3.27. The second kappa shape index (κ2) is 8.27. The maximum atomic E-state index is 13.2. The first kappa shape index (κ1) is 21.1. The molecule has 2 N–H and O–H groups in total. The number of nitrogens with one attached hydrogen (secondary N) is 1. The molecule has 2 bridgehead atoms. The lowest BCUT2D eigenvalue weighted by Crippen LogP contribution is -2.55. The summed E-state index contributed by atoms with van der Waals surface area (Å²) < 4.78 is 5.97. The number of carbonyl (C=O) groups excluding carboxylic acids is 1. The highest BCUT2D eigenvalue weighted by molar-refractivity contribution is 6.04. The zero-order chi connectivity index (χ0) is 22.4. The van der Waals surface area contributed by atoms with Crippen molar-refractivity contribution < 1.29 is 19.1 Å². The van der Waals surface area contributed by atoms with E-state index in [1.165, 1.54) is 24.2 Å². The molecule has 9 nitrogen and oxygen atoms in total. The molecule has 2 aromatic rings. The van der Waals surface area contributed by atoms with E-state index in [1.54, 1.807) is 6.07 Å². The van der Waals surface area contributed by atoms with Gasteiger partial charge in [0.15, 0.2) is 5.58 Å². The van der Waals surface area contributed by atoms with Crippen molar-refractivity contribution in [3.63, 3.8) is 0 Å². The third-order valence-electron chi connectivity index (χ3n) is 7.47. The number of oxazole rings is 1. The van der Waals surface area contributed by atoms with E-state index in [-0.39, 0.29) is 18.0 Å². The normalized spacial score (nSPS) is 28.7.